The van der Waals surface area contributed by atoms with Gasteiger partial charge in [-0.05, 0) is 73.8 Å². The zero-order chi connectivity index (χ0) is 22.6. The van der Waals surface area contributed by atoms with Gasteiger partial charge in [-0.15, -0.1) is 11.3 Å². The maximum Gasteiger partial charge on any atom is 0.287 e. The molecule has 3 heterocycles. The second-order valence-electron chi connectivity index (χ2n) is 7.77. The normalized spacial score (nSPS) is 16.4. The van der Waals surface area contributed by atoms with Crippen molar-refractivity contribution < 1.29 is 17.6 Å². The van der Waals surface area contributed by atoms with Gasteiger partial charge in [0.25, 0.3) is 5.91 Å². The van der Waals surface area contributed by atoms with E-state index in [2.05, 4.69) is 16.3 Å². The minimum Gasteiger partial charge on any atom is -0.439 e. The highest BCUT2D eigenvalue weighted by Crippen LogP contribution is 2.28. The second kappa shape index (κ2) is 10.2. The third kappa shape index (κ3) is 5.26. The summed E-state index contributed by atoms with van der Waals surface area (Å²) in [7, 11) is -3.87. The van der Waals surface area contributed by atoms with Crippen LogP contribution in [0.4, 0.5) is 0 Å². The quantitative estimate of drug-likeness (QED) is 0.492. The first-order chi connectivity index (χ1) is 15.4. The highest BCUT2D eigenvalue weighted by Gasteiger charge is 2.26. The molecule has 3 aromatic rings. The molecule has 0 aliphatic carbocycles. The number of thiophene rings is 1. The number of likely N-dealkylation sites (tertiary alicyclic amines) is 1. The molecular formula is C23H25ClN2O4S2. The van der Waals surface area contributed by atoms with Crippen molar-refractivity contribution in [3.05, 3.63) is 69.6 Å². The number of halogens is 1. The van der Waals surface area contributed by atoms with Gasteiger partial charge in [0.1, 0.15) is 0 Å². The summed E-state index contributed by atoms with van der Waals surface area (Å²) >= 11 is 7.52. The van der Waals surface area contributed by atoms with Gasteiger partial charge in [0, 0.05) is 16.4 Å². The van der Waals surface area contributed by atoms with Crippen molar-refractivity contribution in [1.29, 1.82) is 0 Å². The summed E-state index contributed by atoms with van der Waals surface area (Å²) in [6.45, 7) is 2.44. The molecule has 1 atom stereocenters. The number of benzene rings is 1. The SMILES string of the molecule is O=C(NCC(c1cccs1)N1CCCCCC1)c1ccc(S(=O)(=O)c2ccc(Cl)cc2)o1. The molecule has 1 aliphatic heterocycles. The van der Waals surface area contributed by atoms with Crippen molar-refractivity contribution in [3.8, 4) is 0 Å². The molecule has 0 saturated carbocycles. The molecule has 0 bridgehead atoms. The molecule has 0 radical (unpaired) electrons. The summed E-state index contributed by atoms with van der Waals surface area (Å²) in [4.78, 5) is 16.5. The molecule has 32 heavy (non-hydrogen) atoms. The summed E-state index contributed by atoms with van der Waals surface area (Å²) in [5, 5.41) is 5.15. The Labute approximate surface area is 197 Å². The van der Waals surface area contributed by atoms with E-state index < -0.39 is 15.7 Å². The van der Waals surface area contributed by atoms with Gasteiger partial charge in [0.05, 0.1) is 10.9 Å². The number of sulfone groups is 1. The van der Waals surface area contributed by atoms with E-state index in [1.165, 1.54) is 54.1 Å². The van der Waals surface area contributed by atoms with E-state index in [9.17, 15) is 13.2 Å². The Morgan fingerprint density at radius 3 is 2.44 bits per heavy atom. The third-order valence-electron chi connectivity index (χ3n) is 5.60. The maximum absolute atomic E-state index is 12.8. The van der Waals surface area contributed by atoms with Gasteiger partial charge in [-0.2, -0.15) is 0 Å². The van der Waals surface area contributed by atoms with Crippen molar-refractivity contribution in [2.45, 2.75) is 41.7 Å². The smallest absolute Gasteiger partial charge is 0.287 e. The first kappa shape index (κ1) is 23.0. The molecule has 0 spiro atoms. The van der Waals surface area contributed by atoms with Crippen LogP contribution in [0, 0.1) is 0 Å². The lowest BCUT2D eigenvalue weighted by Gasteiger charge is -2.30. The topological polar surface area (TPSA) is 79.6 Å². The van der Waals surface area contributed by atoms with Crippen LogP contribution in [0.5, 0.6) is 0 Å². The lowest BCUT2D eigenvalue weighted by molar-refractivity contribution is 0.0901. The number of nitrogens with one attached hydrogen (secondary N) is 1. The zero-order valence-electron chi connectivity index (χ0n) is 17.5. The average Bonchev–Trinajstić information content (AvgIpc) is 3.43. The van der Waals surface area contributed by atoms with E-state index in [0.29, 0.717) is 11.6 Å². The number of amides is 1. The molecule has 1 aliphatic rings. The van der Waals surface area contributed by atoms with E-state index in [1.807, 2.05) is 11.4 Å². The number of rotatable bonds is 7. The number of hydrogen-bond acceptors (Lipinski definition) is 6. The number of nitrogens with zero attached hydrogens (tertiary/aromatic N) is 1. The molecule has 2 aromatic heterocycles. The van der Waals surface area contributed by atoms with Gasteiger partial charge >= 0.3 is 0 Å². The Morgan fingerprint density at radius 1 is 1.06 bits per heavy atom. The van der Waals surface area contributed by atoms with Gasteiger partial charge in [0.2, 0.25) is 14.9 Å². The molecule has 4 rings (SSSR count). The van der Waals surface area contributed by atoms with Crippen LogP contribution in [-0.4, -0.2) is 38.9 Å². The van der Waals surface area contributed by atoms with E-state index in [0.717, 1.165) is 25.9 Å². The van der Waals surface area contributed by atoms with Crippen LogP contribution >= 0.6 is 22.9 Å². The van der Waals surface area contributed by atoms with Crippen LogP contribution in [0.1, 0.15) is 47.2 Å². The minimum absolute atomic E-state index is 0.0293. The van der Waals surface area contributed by atoms with Gasteiger partial charge in [-0.1, -0.05) is 30.5 Å². The lowest BCUT2D eigenvalue weighted by Crippen LogP contribution is -2.38. The number of furan rings is 1. The fourth-order valence-electron chi connectivity index (χ4n) is 3.89. The Morgan fingerprint density at radius 2 is 1.78 bits per heavy atom. The zero-order valence-corrected chi connectivity index (χ0v) is 19.9. The first-order valence-corrected chi connectivity index (χ1v) is 13.4. The largest absolute Gasteiger partial charge is 0.439 e. The first-order valence-electron chi connectivity index (χ1n) is 10.6. The molecule has 1 fully saturated rings. The second-order valence-corrected chi connectivity index (χ2v) is 11.1. The monoisotopic (exact) mass is 492 g/mol. The van der Waals surface area contributed by atoms with E-state index in [-0.39, 0.29) is 21.8 Å². The van der Waals surface area contributed by atoms with E-state index in [1.54, 1.807) is 11.3 Å². The van der Waals surface area contributed by atoms with Gasteiger partial charge < -0.3 is 9.73 Å². The molecule has 1 saturated heterocycles. The fraction of sp³-hybridized carbons (Fsp3) is 0.348. The predicted molar refractivity (Wildman–Crippen MR) is 125 cm³/mol. The van der Waals surface area contributed by atoms with Crippen LogP contribution < -0.4 is 5.32 Å². The summed E-state index contributed by atoms with van der Waals surface area (Å²) < 4.78 is 31.0. The standard InChI is InChI=1S/C23H25ClN2O4S2/c24-17-7-9-18(10-8-17)32(28,29)22-12-11-20(30-22)23(27)25-16-19(21-6-5-15-31-21)26-13-3-1-2-4-14-26/h5-12,15,19H,1-4,13-14,16H2,(H,25,27). The molecule has 1 N–H and O–H groups in total. The van der Waals surface area contributed by atoms with E-state index >= 15 is 0 Å². The lowest BCUT2D eigenvalue weighted by atomic mass is 10.2. The highest BCUT2D eigenvalue weighted by atomic mass is 35.5. The van der Waals surface area contributed by atoms with E-state index in [4.69, 9.17) is 16.0 Å². The van der Waals surface area contributed by atoms with Crippen LogP contribution in [0.2, 0.25) is 5.02 Å². The Balaban J connectivity index is 1.46. The Kier molecular flexibility index (Phi) is 7.35. The molecule has 170 valence electrons. The molecular weight excluding hydrogens is 468 g/mol. The number of hydrogen-bond donors (Lipinski definition) is 1. The van der Waals surface area contributed by atoms with Crippen LogP contribution in [0.25, 0.3) is 0 Å². The minimum atomic E-state index is -3.87. The van der Waals surface area contributed by atoms with Crippen molar-refractivity contribution >= 4 is 38.7 Å². The van der Waals surface area contributed by atoms with Crippen LogP contribution in [0.3, 0.4) is 0 Å². The van der Waals surface area contributed by atoms with Gasteiger partial charge in [0.15, 0.2) is 5.76 Å². The third-order valence-corrected chi connectivity index (χ3v) is 8.47. The maximum atomic E-state index is 12.8. The summed E-state index contributed by atoms with van der Waals surface area (Å²) in [5.41, 5.74) is 0. The highest BCUT2D eigenvalue weighted by molar-refractivity contribution is 7.91. The average molecular weight is 493 g/mol. The van der Waals surface area contributed by atoms with Crippen LogP contribution in [-0.2, 0) is 9.84 Å². The molecule has 6 nitrogen and oxygen atoms in total. The Bertz CT molecular complexity index is 1130. The fourth-order valence-corrected chi connectivity index (χ4v) is 6.05. The molecule has 1 unspecified atom stereocenters. The van der Waals surface area contributed by atoms with Crippen LogP contribution in [0.15, 0.2) is 68.3 Å². The van der Waals surface area contributed by atoms with Gasteiger partial charge in [-0.3, -0.25) is 9.69 Å². The number of carbonyl (C=O) groups is 1. The van der Waals surface area contributed by atoms with Crippen molar-refractivity contribution in [1.82, 2.24) is 10.2 Å². The molecule has 1 amide bonds. The summed E-state index contributed by atoms with van der Waals surface area (Å²) in [5.74, 6) is -0.461. The molecule has 9 heteroatoms. The van der Waals surface area contributed by atoms with Gasteiger partial charge in [-0.25, -0.2) is 8.42 Å². The van der Waals surface area contributed by atoms with Crippen molar-refractivity contribution in [3.63, 3.8) is 0 Å². The van der Waals surface area contributed by atoms with Crippen molar-refractivity contribution in [2.24, 2.45) is 0 Å². The number of carbonyl (C=O) groups excluding carboxylic acids is 1. The Hall–Kier alpha value is -2.13. The van der Waals surface area contributed by atoms with Crippen molar-refractivity contribution in [2.75, 3.05) is 19.6 Å². The predicted octanol–water partition coefficient (Wildman–Crippen LogP) is 5.17. The molecule has 1 aromatic carbocycles. The summed E-state index contributed by atoms with van der Waals surface area (Å²) in [6.07, 6.45) is 4.77. The summed E-state index contributed by atoms with van der Waals surface area (Å²) in [6, 6.07) is 12.7.